The predicted octanol–water partition coefficient (Wildman–Crippen LogP) is 4.96. The molecule has 0 aliphatic carbocycles. The van der Waals surface area contributed by atoms with E-state index in [0.717, 1.165) is 0 Å². The second-order valence-corrected chi connectivity index (χ2v) is 5.07. The van der Waals surface area contributed by atoms with E-state index in [1.54, 1.807) is 0 Å². The van der Waals surface area contributed by atoms with E-state index in [1.165, 1.54) is 16.7 Å². The van der Waals surface area contributed by atoms with E-state index in [1.807, 2.05) is 6.92 Å². The van der Waals surface area contributed by atoms with Crippen molar-refractivity contribution in [2.24, 2.45) is 0 Å². The van der Waals surface area contributed by atoms with Crippen molar-refractivity contribution in [2.45, 2.75) is 40.0 Å². The lowest BCUT2D eigenvalue weighted by Gasteiger charge is -2.19. The van der Waals surface area contributed by atoms with Gasteiger partial charge in [-0.3, -0.25) is 0 Å². The van der Waals surface area contributed by atoms with Gasteiger partial charge in [0.15, 0.2) is 0 Å². The van der Waals surface area contributed by atoms with Crippen LogP contribution >= 0.6 is 0 Å². The Morgan fingerprint density at radius 2 is 1.56 bits per heavy atom. The van der Waals surface area contributed by atoms with Crippen LogP contribution in [-0.4, -0.2) is 0 Å². The SMILES string of the molecule is C/C=C\C(=C/C)c1ccc(C(C)(C)C)cc1. The highest BCUT2D eigenvalue weighted by Crippen LogP contribution is 2.24. The molecule has 0 heteroatoms. The van der Waals surface area contributed by atoms with E-state index >= 15 is 0 Å². The number of rotatable bonds is 2. The first-order valence-electron chi connectivity index (χ1n) is 5.89. The molecule has 0 saturated carbocycles. The minimum absolute atomic E-state index is 0.231. The van der Waals surface area contributed by atoms with Gasteiger partial charge in [0, 0.05) is 0 Å². The maximum atomic E-state index is 2.24. The van der Waals surface area contributed by atoms with Crippen molar-refractivity contribution in [3.05, 3.63) is 53.6 Å². The van der Waals surface area contributed by atoms with Gasteiger partial charge in [-0.15, -0.1) is 0 Å². The van der Waals surface area contributed by atoms with E-state index in [-0.39, 0.29) is 5.41 Å². The molecule has 1 rings (SSSR count). The summed E-state index contributed by atoms with van der Waals surface area (Å²) >= 11 is 0. The molecule has 0 nitrogen and oxygen atoms in total. The summed E-state index contributed by atoms with van der Waals surface area (Å²) in [5, 5.41) is 0. The van der Waals surface area contributed by atoms with Gasteiger partial charge in [-0.2, -0.15) is 0 Å². The van der Waals surface area contributed by atoms with Crippen LogP contribution < -0.4 is 0 Å². The molecule has 86 valence electrons. The van der Waals surface area contributed by atoms with Crippen molar-refractivity contribution in [1.29, 1.82) is 0 Å². The van der Waals surface area contributed by atoms with Crippen LogP contribution in [0.3, 0.4) is 0 Å². The largest absolute Gasteiger partial charge is 0.0871 e. The highest BCUT2D eigenvalue weighted by atomic mass is 14.2. The molecule has 1 aromatic rings. The minimum atomic E-state index is 0.231. The number of benzene rings is 1. The van der Waals surface area contributed by atoms with Crippen LogP contribution in [0.2, 0.25) is 0 Å². The maximum absolute atomic E-state index is 2.24. The van der Waals surface area contributed by atoms with E-state index in [0.29, 0.717) is 0 Å². The maximum Gasteiger partial charge on any atom is -0.0132 e. The fourth-order valence-electron chi connectivity index (χ4n) is 1.70. The summed E-state index contributed by atoms with van der Waals surface area (Å²) in [5.41, 5.74) is 4.18. The summed E-state index contributed by atoms with van der Waals surface area (Å²) in [5.74, 6) is 0. The van der Waals surface area contributed by atoms with Gasteiger partial charge in [0.2, 0.25) is 0 Å². The lowest BCUT2D eigenvalue weighted by molar-refractivity contribution is 0.590. The van der Waals surface area contributed by atoms with Crippen molar-refractivity contribution in [2.75, 3.05) is 0 Å². The van der Waals surface area contributed by atoms with Crippen LogP contribution in [0, 0.1) is 0 Å². The highest BCUT2D eigenvalue weighted by molar-refractivity contribution is 5.73. The lowest BCUT2D eigenvalue weighted by atomic mass is 9.86. The molecule has 1 aromatic carbocycles. The Balaban J connectivity index is 3.04. The van der Waals surface area contributed by atoms with Crippen molar-refractivity contribution < 1.29 is 0 Å². The van der Waals surface area contributed by atoms with Gasteiger partial charge in [-0.25, -0.2) is 0 Å². The quantitative estimate of drug-likeness (QED) is 0.610. The summed E-state index contributed by atoms with van der Waals surface area (Å²) in [4.78, 5) is 0. The standard InChI is InChI=1S/C16H22/c1-6-8-13(7-2)14-9-11-15(12-10-14)16(3,4)5/h6-12H,1-5H3/b8-6-,13-7+. The molecule has 0 saturated heterocycles. The molecule has 0 aromatic heterocycles. The molecule has 0 heterocycles. The van der Waals surface area contributed by atoms with Crippen LogP contribution in [0.4, 0.5) is 0 Å². The van der Waals surface area contributed by atoms with Crippen molar-refractivity contribution in [1.82, 2.24) is 0 Å². The molecule has 16 heavy (non-hydrogen) atoms. The first-order chi connectivity index (χ1) is 7.49. The molecule has 0 N–H and O–H groups in total. The number of hydrogen-bond acceptors (Lipinski definition) is 0. The third-order valence-corrected chi connectivity index (χ3v) is 2.74. The molecule has 0 atom stereocenters. The van der Waals surface area contributed by atoms with Crippen molar-refractivity contribution in [3.8, 4) is 0 Å². The van der Waals surface area contributed by atoms with E-state index in [2.05, 4.69) is 70.2 Å². The average molecular weight is 214 g/mol. The second kappa shape index (κ2) is 5.16. The summed E-state index contributed by atoms with van der Waals surface area (Å²) in [6.45, 7) is 10.8. The van der Waals surface area contributed by atoms with Gasteiger partial charge in [0.05, 0.1) is 0 Å². The van der Waals surface area contributed by atoms with E-state index < -0.39 is 0 Å². The molecular weight excluding hydrogens is 192 g/mol. The third-order valence-electron chi connectivity index (χ3n) is 2.74. The van der Waals surface area contributed by atoms with Crippen molar-refractivity contribution >= 4 is 5.57 Å². The Hall–Kier alpha value is -1.30. The molecule has 0 fully saturated rings. The van der Waals surface area contributed by atoms with Gasteiger partial charge in [-0.1, -0.05) is 63.3 Å². The van der Waals surface area contributed by atoms with Gasteiger partial charge in [0.1, 0.15) is 0 Å². The van der Waals surface area contributed by atoms with Crippen LogP contribution in [0.5, 0.6) is 0 Å². The van der Waals surface area contributed by atoms with Crippen molar-refractivity contribution in [3.63, 3.8) is 0 Å². The lowest BCUT2D eigenvalue weighted by Crippen LogP contribution is -2.10. The third kappa shape index (κ3) is 3.10. The van der Waals surface area contributed by atoms with E-state index in [4.69, 9.17) is 0 Å². The Morgan fingerprint density at radius 3 is 1.94 bits per heavy atom. The fraction of sp³-hybridized carbons (Fsp3) is 0.375. The van der Waals surface area contributed by atoms with Crippen LogP contribution in [0.1, 0.15) is 45.7 Å². The van der Waals surface area contributed by atoms with Gasteiger partial charge in [0.25, 0.3) is 0 Å². The Kier molecular flexibility index (Phi) is 4.12. The van der Waals surface area contributed by atoms with Crippen LogP contribution in [-0.2, 0) is 5.41 Å². The summed E-state index contributed by atoms with van der Waals surface area (Å²) in [6.07, 6.45) is 6.37. The van der Waals surface area contributed by atoms with Crippen LogP contribution in [0.25, 0.3) is 5.57 Å². The predicted molar refractivity (Wildman–Crippen MR) is 73.6 cm³/mol. The zero-order chi connectivity index (χ0) is 12.2. The van der Waals surface area contributed by atoms with Gasteiger partial charge >= 0.3 is 0 Å². The molecule has 0 bridgehead atoms. The Bertz CT molecular complexity index is 383. The van der Waals surface area contributed by atoms with E-state index in [9.17, 15) is 0 Å². The molecule has 0 radical (unpaired) electrons. The second-order valence-electron chi connectivity index (χ2n) is 5.07. The van der Waals surface area contributed by atoms with Crippen LogP contribution in [0.15, 0.2) is 42.5 Å². The zero-order valence-electron chi connectivity index (χ0n) is 11.0. The summed E-state index contributed by atoms with van der Waals surface area (Å²) in [7, 11) is 0. The summed E-state index contributed by atoms with van der Waals surface area (Å²) in [6, 6.07) is 8.86. The molecule has 0 unspecified atom stereocenters. The Labute approximate surface area is 99.7 Å². The number of hydrogen-bond donors (Lipinski definition) is 0. The minimum Gasteiger partial charge on any atom is -0.0871 e. The van der Waals surface area contributed by atoms with Gasteiger partial charge in [-0.05, 0) is 36.0 Å². The Morgan fingerprint density at radius 1 is 1.00 bits per heavy atom. The summed E-state index contributed by atoms with van der Waals surface area (Å²) < 4.78 is 0. The molecule has 0 aliphatic rings. The smallest absolute Gasteiger partial charge is 0.0132 e. The normalized spacial score (nSPS) is 13.4. The molecule has 0 amide bonds. The number of allylic oxidation sites excluding steroid dienone is 4. The first kappa shape index (κ1) is 12.8. The van der Waals surface area contributed by atoms with Gasteiger partial charge < -0.3 is 0 Å². The molecular formula is C16H22. The fourth-order valence-corrected chi connectivity index (χ4v) is 1.70. The molecule has 0 spiro atoms. The average Bonchev–Trinajstić information content (AvgIpc) is 2.25. The molecule has 0 aliphatic heterocycles. The topological polar surface area (TPSA) is 0 Å². The zero-order valence-corrected chi connectivity index (χ0v) is 11.0. The highest BCUT2D eigenvalue weighted by Gasteiger charge is 2.12. The first-order valence-corrected chi connectivity index (χ1v) is 5.89. The monoisotopic (exact) mass is 214 g/mol.